The molecule has 1 aromatic carbocycles. The van der Waals surface area contributed by atoms with E-state index in [0.717, 1.165) is 0 Å². The minimum atomic E-state index is -0.531. The summed E-state index contributed by atoms with van der Waals surface area (Å²) in [5.41, 5.74) is 10.7. The molecule has 0 saturated carbocycles. The van der Waals surface area contributed by atoms with Gasteiger partial charge in [-0.05, 0) is 50.8 Å². The summed E-state index contributed by atoms with van der Waals surface area (Å²) in [4.78, 5) is 16.0. The number of benzene rings is 1. The van der Waals surface area contributed by atoms with E-state index in [1.54, 1.807) is 6.07 Å². The number of aliphatic imine (C=N–C) groups is 1. The fraction of sp³-hybridized carbons (Fsp3) is 0.400. The third kappa shape index (κ3) is 6.37. The largest absolute Gasteiger partial charge is 0.506 e. The molecular formula is C15H21Br2N5O4. The number of ether oxygens (including phenoxy) is 1. The molecule has 0 aliphatic carbocycles. The fourth-order valence-corrected chi connectivity index (χ4v) is 3.59. The van der Waals surface area contributed by atoms with Crippen LogP contribution in [0.25, 0.3) is 0 Å². The van der Waals surface area contributed by atoms with Crippen LogP contribution in [-0.4, -0.2) is 48.1 Å². The number of rotatable bonds is 9. The zero-order valence-electron chi connectivity index (χ0n) is 14.1. The number of oxime groups is 1. The lowest BCUT2D eigenvalue weighted by atomic mass is 10.1. The first-order chi connectivity index (χ1) is 12.3. The Morgan fingerprint density at radius 2 is 2.04 bits per heavy atom. The molecule has 0 spiro atoms. The van der Waals surface area contributed by atoms with Gasteiger partial charge in [0.1, 0.15) is 15.9 Å². The Labute approximate surface area is 167 Å². The molecule has 144 valence electrons. The van der Waals surface area contributed by atoms with Crippen LogP contribution < -0.4 is 21.5 Å². The molecule has 9 nitrogen and oxygen atoms in total. The van der Waals surface area contributed by atoms with E-state index in [2.05, 4.69) is 47.3 Å². The summed E-state index contributed by atoms with van der Waals surface area (Å²) in [5.74, 6) is -0.188. The van der Waals surface area contributed by atoms with Crippen LogP contribution in [0.15, 0.2) is 25.2 Å². The topological polar surface area (TPSA) is 156 Å². The van der Waals surface area contributed by atoms with E-state index in [1.807, 2.05) is 0 Å². The van der Waals surface area contributed by atoms with Crippen LogP contribution in [-0.2, 0) is 11.2 Å². The maximum atomic E-state index is 12.1. The van der Waals surface area contributed by atoms with Gasteiger partial charge in [-0.25, -0.2) is 0 Å². The average Bonchev–Trinajstić information content (AvgIpc) is 2.59. The summed E-state index contributed by atoms with van der Waals surface area (Å²) < 4.78 is 6.07. The van der Waals surface area contributed by atoms with E-state index < -0.39 is 5.91 Å². The van der Waals surface area contributed by atoms with E-state index >= 15 is 0 Å². The van der Waals surface area contributed by atoms with Gasteiger partial charge >= 0.3 is 0 Å². The van der Waals surface area contributed by atoms with Gasteiger partial charge in [-0.3, -0.25) is 9.79 Å². The van der Waals surface area contributed by atoms with Gasteiger partial charge in [0.15, 0.2) is 11.7 Å². The van der Waals surface area contributed by atoms with Crippen molar-refractivity contribution in [2.24, 2.45) is 21.6 Å². The maximum absolute atomic E-state index is 12.1. The van der Waals surface area contributed by atoms with E-state index in [-0.39, 0.29) is 23.8 Å². The number of nitrogens with two attached hydrogens (primary N) is 2. The third-order valence-corrected chi connectivity index (χ3v) is 4.66. The average molecular weight is 495 g/mol. The quantitative estimate of drug-likeness (QED) is 0.115. The predicted octanol–water partition coefficient (Wildman–Crippen LogP) is 1.47. The lowest BCUT2D eigenvalue weighted by Crippen LogP contribution is -2.33. The second kappa shape index (κ2) is 10.9. The predicted molar refractivity (Wildman–Crippen MR) is 106 cm³/mol. The zero-order valence-corrected chi connectivity index (χ0v) is 17.3. The highest BCUT2D eigenvalue weighted by molar-refractivity contribution is 9.11. The maximum Gasteiger partial charge on any atom is 0.269 e. The Morgan fingerprint density at radius 3 is 2.62 bits per heavy atom. The van der Waals surface area contributed by atoms with E-state index in [1.165, 1.54) is 7.11 Å². The number of nitrogens with one attached hydrogen (secondary N) is 1. The SMILES string of the molecule is COc1c(Br)cc(CC(=NO)C(=O)NCCCCN=C(N)N)c(O)c1Br. The van der Waals surface area contributed by atoms with Gasteiger partial charge in [0.2, 0.25) is 0 Å². The number of halogens is 2. The molecule has 0 saturated heterocycles. The van der Waals surface area contributed by atoms with E-state index in [9.17, 15) is 9.90 Å². The lowest BCUT2D eigenvalue weighted by Gasteiger charge is -2.13. The van der Waals surface area contributed by atoms with Crippen LogP contribution >= 0.6 is 31.9 Å². The van der Waals surface area contributed by atoms with Crippen molar-refractivity contribution >= 4 is 49.4 Å². The summed E-state index contributed by atoms with van der Waals surface area (Å²) in [6, 6.07) is 1.59. The number of hydrogen-bond donors (Lipinski definition) is 5. The number of phenols is 1. The highest BCUT2D eigenvalue weighted by Gasteiger charge is 2.20. The number of carbonyl (C=O) groups is 1. The van der Waals surface area contributed by atoms with Crippen molar-refractivity contribution in [3.63, 3.8) is 0 Å². The molecule has 0 atom stereocenters. The molecule has 0 aromatic heterocycles. The molecule has 0 heterocycles. The molecule has 0 aliphatic heterocycles. The first kappa shape index (κ1) is 22.0. The number of aromatic hydroxyl groups is 1. The van der Waals surface area contributed by atoms with Crippen molar-refractivity contribution in [2.75, 3.05) is 20.2 Å². The number of hydrogen-bond acceptors (Lipinski definition) is 6. The van der Waals surface area contributed by atoms with Gasteiger partial charge in [-0.15, -0.1) is 0 Å². The molecule has 11 heteroatoms. The van der Waals surface area contributed by atoms with Crippen molar-refractivity contribution in [3.8, 4) is 11.5 Å². The molecule has 0 aliphatic rings. The minimum absolute atomic E-state index is 0.0281. The molecule has 0 radical (unpaired) electrons. The molecule has 26 heavy (non-hydrogen) atoms. The molecule has 7 N–H and O–H groups in total. The van der Waals surface area contributed by atoms with Crippen LogP contribution in [0.5, 0.6) is 11.5 Å². The van der Waals surface area contributed by atoms with Gasteiger partial charge in [0.05, 0.1) is 11.6 Å². The number of unbranched alkanes of at least 4 members (excludes halogenated alkanes) is 1. The second-order valence-electron chi connectivity index (χ2n) is 5.21. The summed E-state index contributed by atoms with van der Waals surface area (Å²) in [6.45, 7) is 0.848. The van der Waals surface area contributed by atoms with Crippen molar-refractivity contribution in [3.05, 3.63) is 20.6 Å². The van der Waals surface area contributed by atoms with Crippen LogP contribution in [0, 0.1) is 0 Å². The van der Waals surface area contributed by atoms with Crippen molar-refractivity contribution in [1.29, 1.82) is 0 Å². The molecule has 1 aromatic rings. The number of carbonyl (C=O) groups excluding carboxylic acids is 1. The van der Waals surface area contributed by atoms with Crippen molar-refractivity contribution in [2.45, 2.75) is 19.3 Å². The summed E-state index contributed by atoms with van der Waals surface area (Å²) in [7, 11) is 1.46. The standard InChI is InChI=1S/C15H21Br2N5O4/c1-26-13-9(16)6-8(12(23)11(13)17)7-10(22-25)14(24)20-4-2-3-5-21-15(18)19/h6,23,25H,2-5,7H2,1H3,(H,20,24)(H4,18,19,21). The van der Waals surface area contributed by atoms with Crippen LogP contribution in [0.1, 0.15) is 18.4 Å². The minimum Gasteiger partial charge on any atom is -0.506 e. The molecule has 0 bridgehead atoms. The molecule has 1 rings (SSSR count). The Hall–Kier alpha value is -2.01. The fourth-order valence-electron chi connectivity index (χ4n) is 2.05. The first-order valence-electron chi connectivity index (χ1n) is 7.60. The number of nitrogens with zero attached hydrogens (tertiary/aromatic N) is 2. The summed E-state index contributed by atoms with van der Waals surface area (Å²) in [5, 5.41) is 25.1. The lowest BCUT2D eigenvalue weighted by molar-refractivity contribution is -0.115. The zero-order chi connectivity index (χ0) is 19.7. The smallest absolute Gasteiger partial charge is 0.269 e. The van der Waals surface area contributed by atoms with Crippen LogP contribution in [0.4, 0.5) is 0 Å². The molecule has 0 fully saturated rings. The van der Waals surface area contributed by atoms with Gasteiger partial charge in [-0.1, -0.05) is 5.16 Å². The van der Waals surface area contributed by atoms with Gasteiger partial charge in [-0.2, -0.15) is 0 Å². The molecule has 1 amide bonds. The van der Waals surface area contributed by atoms with Crippen molar-refractivity contribution < 1.29 is 19.8 Å². The van der Waals surface area contributed by atoms with Crippen molar-refractivity contribution in [1.82, 2.24) is 5.32 Å². The third-order valence-electron chi connectivity index (χ3n) is 3.34. The Morgan fingerprint density at radius 1 is 1.35 bits per heavy atom. The first-order valence-corrected chi connectivity index (χ1v) is 9.18. The number of amides is 1. The van der Waals surface area contributed by atoms with Gasteiger partial charge < -0.3 is 31.8 Å². The number of phenolic OH excluding ortho intramolecular Hbond substituents is 1. The molecular weight excluding hydrogens is 474 g/mol. The summed E-state index contributed by atoms with van der Waals surface area (Å²) in [6.07, 6.45) is 1.29. The Balaban J connectivity index is 2.67. The molecule has 0 unspecified atom stereocenters. The van der Waals surface area contributed by atoms with Crippen LogP contribution in [0.2, 0.25) is 0 Å². The number of methoxy groups -OCH3 is 1. The van der Waals surface area contributed by atoms with Gasteiger partial charge in [0, 0.05) is 25.1 Å². The number of guanidine groups is 1. The van der Waals surface area contributed by atoms with Crippen LogP contribution in [0.3, 0.4) is 0 Å². The second-order valence-corrected chi connectivity index (χ2v) is 6.85. The van der Waals surface area contributed by atoms with E-state index in [0.29, 0.717) is 46.2 Å². The summed E-state index contributed by atoms with van der Waals surface area (Å²) >= 11 is 6.55. The Bertz CT molecular complexity index is 706. The monoisotopic (exact) mass is 493 g/mol. The highest BCUT2D eigenvalue weighted by Crippen LogP contribution is 2.42. The van der Waals surface area contributed by atoms with E-state index in [4.69, 9.17) is 21.4 Å². The van der Waals surface area contributed by atoms with Gasteiger partial charge in [0.25, 0.3) is 5.91 Å². The normalized spacial score (nSPS) is 11.1. The Kier molecular flexibility index (Phi) is 9.21. The highest BCUT2D eigenvalue weighted by atomic mass is 79.9.